The van der Waals surface area contributed by atoms with Crippen LogP contribution in [0.25, 0.3) is 0 Å². The van der Waals surface area contributed by atoms with Gasteiger partial charge in [-0.25, -0.2) is 0 Å². The molecule has 0 unspecified atom stereocenters. The summed E-state index contributed by atoms with van der Waals surface area (Å²) in [5, 5.41) is 3.29. The Morgan fingerprint density at radius 2 is 2.16 bits per heavy atom. The van der Waals surface area contributed by atoms with E-state index in [-0.39, 0.29) is 0 Å². The second kappa shape index (κ2) is 9.45. The maximum Gasteiger partial charge on any atom is 0.165 e. The van der Waals surface area contributed by atoms with Crippen LogP contribution in [0, 0.1) is 0 Å². The van der Waals surface area contributed by atoms with E-state index in [1.807, 2.05) is 18.2 Å². The average Bonchev–Trinajstić information content (AvgIpc) is 2.44. The lowest BCUT2D eigenvalue weighted by Gasteiger charge is -2.15. The summed E-state index contributed by atoms with van der Waals surface area (Å²) in [6, 6.07) is 5.99. The fourth-order valence-corrected chi connectivity index (χ4v) is 1.86. The molecule has 0 aliphatic rings. The van der Waals surface area contributed by atoms with Gasteiger partial charge in [0.2, 0.25) is 0 Å². The lowest BCUT2D eigenvalue weighted by Crippen LogP contribution is -2.14. The number of benzene rings is 1. The van der Waals surface area contributed by atoms with Crippen LogP contribution in [0.3, 0.4) is 0 Å². The van der Waals surface area contributed by atoms with Gasteiger partial charge in [-0.1, -0.05) is 38.0 Å². The molecular formula is C16H25NO2. The first-order chi connectivity index (χ1) is 9.33. The molecule has 1 N–H and O–H groups in total. The van der Waals surface area contributed by atoms with Gasteiger partial charge in [-0.15, -0.1) is 6.58 Å². The third kappa shape index (κ3) is 5.35. The van der Waals surface area contributed by atoms with Crippen LogP contribution in [0.1, 0.15) is 31.7 Å². The van der Waals surface area contributed by atoms with Crippen molar-refractivity contribution < 1.29 is 9.47 Å². The molecule has 1 aromatic carbocycles. The zero-order valence-electron chi connectivity index (χ0n) is 12.1. The Bertz CT molecular complexity index is 377. The van der Waals surface area contributed by atoms with Gasteiger partial charge in [0.05, 0.1) is 13.7 Å². The molecule has 0 radical (unpaired) electrons. The van der Waals surface area contributed by atoms with Crippen molar-refractivity contribution in [2.75, 3.05) is 20.3 Å². The van der Waals surface area contributed by atoms with Crippen LogP contribution >= 0.6 is 0 Å². The lowest BCUT2D eigenvalue weighted by atomic mass is 10.2. The number of para-hydroxylation sites is 1. The lowest BCUT2D eigenvalue weighted by molar-refractivity contribution is 0.282. The Labute approximate surface area is 116 Å². The van der Waals surface area contributed by atoms with Crippen LogP contribution in [0.2, 0.25) is 0 Å². The van der Waals surface area contributed by atoms with E-state index < -0.39 is 0 Å². The quantitative estimate of drug-likeness (QED) is 0.517. The number of ether oxygens (including phenoxy) is 2. The number of methoxy groups -OCH3 is 1. The molecular weight excluding hydrogens is 238 g/mol. The topological polar surface area (TPSA) is 30.5 Å². The first-order valence-electron chi connectivity index (χ1n) is 6.93. The highest BCUT2D eigenvalue weighted by molar-refractivity contribution is 5.46. The Balaban J connectivity index is 2.68. The van der Waals surface area contributed by atoms with Gasteiger partial charge in [0.15, 0.2) is 11.5 Å². The molecule has 0 saturated heterocycles. The van der Waals surface area contributed by atoms with E-state index in [4.69, 9.17) is 9.47 Å². The van der Waals surface area contributed by atoms with E-state index in [2.05, 4.69) is 24.9 Å². The molecule has 0 amide bonds. The van der Waals surface area contributed by atoms with E-state index in [9.17, 15) is 0 Å². The van der Waals surface area contributed by atoms with E-state index in [0.29, 0.717) is 0 Å². The van der Waals surface area contributed by atoms with Crippen LogP contribution in [0.5, 0.6) is 11.5 Å². The number of hydrogen-bond donors (Lipinski definition) is 1. The molecule has 0 aromatic heterocycles. The minimum Gasteiger partial charge on any atom is -0.493 e. The smallest absolute Gasteiger partial charge is 0.165 e. The van der Waals surface area contributed by atoms with Crippen molar-refractivity contribution >= 4 is 0 Å². The minimum atomic E-state index is 0.739. The van der Waals surface area contributed by atoms with Crippen molar-refractivity contribution in [1.82, 2.24) is 5.32 Å². The molecule has 1 rings (SSSR count). The van der Waals surface area contributed by atoms with E-state index >= 15 is 0 Å². The number of hydrogen-bond acceptors (Lipinski definition) is 3. The SMILES string of the molecule is C=CCNCc1cccc(OC)c1OCCCCC. The average molecular weight is 263 g/mol. The predicted molar refractivity (Wildman–Crippen MR) is 79.9 cm³/mol. The van der Waals surface area contributed by atoms with Crippen LogP contribution in [-0.4, -0.2) is 20.3 Å². The highest BCUT2D eigenvalue weighted by Gasteiger charge is 2.09. The zero-order chi connectivity index (χ0) is 13.9. The van der Waals surface area contributed by atoms with E-state index in [0.717, 1.165) is 43.2 Å². The molecule has 19 heavy (non-hydrogen) atoms. The number of unbranched alkanes of at least 4 members (excludes halogenated alkanes) is 2. The molecule has 3 heteroatoms. The summed E-state index contributed by atoms with van der Waals surface area (Å²) >= 11 is 0. The third-order valence-corrected chi connectivity index (χ3v) is 2.88. The molecule has 0 atom stereocenters. The Kier molecular flexibility index (Phi) is 7.75. The van der Waals surface area contributed by atoms with Crippen molar-refractivity contribution in [3.8, 4) is 11.5 Å². The molecule has 0 bridgehead atoms. The summed E-state index contributed by atoms with van der Waals surface area (Å²) in [5.41, 5.74) is 1.12. The summed E-state index contributed by atoms with van der Waals surface area (Å²) in [6.45, 7) is 8.17. The fraction of sp³-hybridized carbons (Fsp3) is 0.500. The number of nitrogens with one attached hydrogen (secondary N) is 1. The highest BCUT2D eigenvalue weighted by atomic mass is 16.5. The van der Waals surface area contributed by atoms with Gasteiger partial charge in [-0.3, -0.25) is 0 Å². The molecule has 0 aliphatic heterocycles. The van der Waals surface area contributed by atoms with Gasteiger partial charge in [0.1, 0.15) is 0 Å². The van der Waals surface area contributed by atoms with Crippen LogP contribution in [-0.2, 0) is 6.54 Å². The molecule has 106 valence electrons. The largest absolute Gasteiger partial charge is 0.493 e. The Morgan fingerprint density at radius 1 is 1.32 bits per heavy atom. The van der Waals surface area contributed by atoms with Crippen molar-refractivity contribution in [2.45, 2.75) is 32.7 Å². The maximum atomic E-state index is 5.90. The second-order valence-electron chi connectivity index (χ2n) is 4.42. The molecule has 0 aliphatic carbocycles. The van der Waals surface area contributed by atoms with Gasteiger partial charge < -0.3 is 14.8 Å². The zero-order valence-corrected chi connectivity index (χ0v) is 12.1. The fourth-order valence-electron chi connectivity index (χ4n) is 1.86. The van der Waals surface area contributed by atoms with Crippen molar-refractivity contribution in [2.24, 2.45) is 0 Å². The van der Waals surface area contributed by atoms with Crippen LogP contribution in [0.15, 0.2) is 30.9 Å². The molecule has 1 aromatic rings. The highest BCUT2D eigenvalue weighted by Crippen LogP contribution is 2.31. The molecule has 0 spiro atoms. The molecule has 0 saturated carbocycles. The van der Waals surface area contributed by atoms with Crippen molar-refractivity contribution in [3.05, 3.63) is 36.4 Å². The van der Waals surface area contributed by atoms with Gasteiger partial charge in [-0.05, 0) is 12.5 Å². The third-order valence-electron chi connectivity index (χ3n) is 2.88. The molecule has 0 heterocycles. The van der Waals surface area contributed by atoms with E-state index in [1.165, 1.54) is 12.8 Å². The second-order valence-corrected chi connectivity index (χ2v) is 4.42. The summed E-state index contributed by atoms with van der Waals surface area (Å²) < 4.78 is 11.3. The Morgan fingerprint density at radius 3 is 2.84 bits per heavy atom. The van der Waals surface area contributed by atoms with Gasteiger partial charge in [0, 0.05) is 18.7 Å². The summed E-state index contributed by atoms with van der Waals surface area (Å²) in [6.07, 6.45) is 5.32. The van der Waals surface area contributed by atoms with Crippen LogP contribution in [0.4, 0.5) is 0 Å². The molecule has 3 nitrogen and oxygen atoms in total. The normalized spacial score (nSPS) is 10.2. The van der Waals surface area contributed by atoms with Crippen molar-refractivity contribution in [3.63, 3.8) is 0 Å². The minimum absolute atomic E-state index is 0.739. The van der Waals surface area contributed by atoms with Gasteiger partial charge in [-0.2, -0.15) is 0 Å². The standard InChI is InChI=1S/C16H25NO2/c1-4-6-7-12-19-16-14(13-17-11-5-2)9-8-10-15(16)18-3/h5,8-10,17H,2,4,6-7,11-13H2,1,3H3. The van der Waals surface area contributed by atoms with E-state index in [1.54, 1.807) is 7.11 Å². The predicted octanol–water partition coefficient (Wildman–Crippen LogP) is 3.54. The van der Waals surface area contributed by atoms with Gasteiger partial charge >= 0.3 is 0 Å². The summed E-state index contributed by atoms with van der Waals surface area (Å²) in [5.74, 6) is 1.66. The monoisotopic (exact) mass is 263 g/mol. The van der Waals surface area contributed by atoms with Crippen molar-refractivity contribution in [1.29, 1.82) is 0 Å². The summed E-state index contributed by atoms with van der Waals surface area (Å²) in [4.78, 5) is 0. The van der Waals surface area contributed by atoms with Gasteiger partial charge in [0.25, 0.3) is 0 Å². The first-order valence-corrected chi connectivity index (χ1v) is 6.93. The Hall–Kier alpha value is -1.48. The number of rotatable bonds is 10. The molecule has 0 fully saturated rings. The van der Waals surface area contributed by atoms with Crippen LogP contribution < -0.4 is 14.8 Å². The maximum absolute atomic E-state index is 5.90. The first kappa shape index (κ1) is 15.6. The summed E-state index contributed by atoms with van der Waals surface area (Å²) in [7, 11) is 1.68.